The molecule has 0 amide bonds. The van der Waals surface area contributed by atoms with Gasteiger partial charge in [-0.2, -0.15) is 0 Å². The summed E-state index contributed by atoms with van der Waals surface area (Å²) in [5.41, 5.74) is 0. The molecule has 0 N–H and O–H groups in total. The van der Waals surface area contributed by atoms with E-state index in [-0.39, 0.29) is 10.6 Å². The Bertz CT molecular complexity index is 942. The molecule has 0 aliphatic heterocycles. The monoisotopic (exact) mass is 389 g/mol. The van der Waals surface area contributed by atoms with Crippen molar-refractivity contribution in [2.45, 2.75) is 15.8 Å². The van der Waals surface area contributed by atoms with Gasteiger partial charge in [-0.05, 0) is 24.3 Å². The highest BCUT2D eigenvalue weighted by atomic mass is 32.2. The zero-order chi connectivity index (χ0) is 18.4. The Balaban J connectivity index is 1.58. The maximum absolute atomic E-state index is 12.5. The van der Waals surface area contributed by atoms with Crippen LogP contribution in [0, 0.1) is 0 Å². The molecular formula is C18H19N3O3S2. The van der Waals surface area contributed by atoms with Gasteiger partial charge in [0.25, 0.3) is 0 Å². The molecule has 0 bridgehead atoms. The van der Waals surface area contributed by atoms with Crippen LogP contribution in [0.4, 0.5) is 0 Å². The number of nitrogens with zero attached hydrogens (tertiary/aromatic N) is 3. The zero-order valence-corrected chi connectivity index (χ0v) is 15.9. The average molecular weight is 390 g/mol. The van der Waals surface area contributed by atoms with Crippen LogP contribution in [0.5, 0.6) is 5.75 Å². The van der Waals surface area contributed by atoms with E-state index in [1.807, 2.05) is 30.3 Å². The molecule has 0 aliphatic carbocycles. The number of hydrogen-bond acceptors (Lipinski definition) is 6. The van der Waals surface area contributed by atoms with Gasteiger partial charge in [-0.3, -0.25) is 0 Å². The Morgan fingerprint density at radius 1 is 1.00 bits per heavy atom. The molecule has 0 atom stereocenters. The van der Waals surface area contributed by atoms with Crippen molar-refractivity contribution in [2.75, 3.05) is 12.4 Å². The highest BCUT2D eigenvalue weighted by Crippen LogP contribution is 2.20. The lowest BCUT2D eigenvalue weighted by atomic mass is 10.3. The van der Waals surface area contributed by atoms with Gasteiger partial charge in [0.2, 0.25) is 0 Å². The molecule has 26 heavy (non-hydrogen) atoms. The third-order valence-corrected chi connectivity index (χ3v) is 6.29. The molecule has 0 fully saturated rings. The summed E-state index contributed by atoms with van der Waals surface area (Å²) in [4.78, 5) is 0.286. The molecule has 0 saturated heterocycles. The number of hydrogen-bond donors (Lipinski definition) is 0. The summed E-state index contributed by atoms with van der Waals surface area (Å²) in [5, 5.41) is 8.80. The first-order chi connectivity index (χ1) is 12.6. The molecule has 1 heterocycles. The normalized spacial score (nSPS) is 11.4. The number of ether oxygens (including phenoxy) is 1. The molecule has 3 rings (SSSR count). The molecule has 2 aromatic carbocycles. The lowest BCUT2D eigenvalue weighted by Gasteiger charge is -2.06. The topological polar surface area (TPSA) is 74.1 Å². The summed E-state index contributed by atoms with van der Waals surface area (Å²) >= 11 is 1.48. The second-order valence-corrected chi connectivity index (χ2v) is 8.59. The van der Waals surface area contributed by atoms with Crippen molar-refractivity contribution in [2.24, 2.45) is 7.05 Å². The number of rotatable bonds is 8. The van der Waals surface area contributed by atoms with Gasteiger partial charge >= 0.3 is 0 Å². The molecule has 136 valence electrons. The van der Waals surface area contributed by atoms with Crippen molar-refractivity contribution in [3.8, 4) is 5.75 Å². The summed E-state index contributed by atoms with van der Waals surface area (Å²) in [6, 6.07) is 18.0. The van der Waals surface area contributed by atoms with Gasteiger partial charge in [-0.1, -0.05) is 48.2 Å². The van der Waals surface area contributed by atoms with E-state index < -0.39 is 9.84 Å². The van der Waals surface area contributed by atoms with Crippen LogP contribution in [0.1, 0.15) is 5.82 Å². The molecule has 6 nitrogen and oxygen atoms in total. The van der Waals surface area contributed by atoms with Gasteiger partial charge in [-0.25, -0.2) is 8.42 Å². The minimum absolute atomic E-state index is 0.179. The summed E-state index contributed by atoms with van der Waals surface area (Å²) in [6.45, 7) is 0.527. The van der Waals surface area contributed by atoms with Crippen molar-refractivity contribution < 1.29 is 13.2 Å². The summed E-state index contributed by atoms with van der Waals surface area (Å²) in [7, 11) is -1.67. The Hall–Kier alpha value is -2.32. The maximum Gasteiger partial charge on any atom is 0.191 e. The second-order valence-electron chi connectivity index (χ2n) is 5.54. The Labute approximate surface area is 157 Å². The van der Waals surface area contributed by atoms with Crippen molar-refractivity contribution >= 4 is 21.6 Å². The van der Waals surface area contributed by atoms with E-state index in [2.05, 4.69) is 10.2 Å². The molecule has 3 aromatic rings. The first-order valence-electron chi connectivity index (χ1n) is 8.03. The first-order valence-corrected chi connectivity index (χ1v) is 10.7. The maximum atomic E-state index is 12.5. The minimum atomic E-state index is -3.44. The van der Waals surface area contributed by atoms with Gasteiger partial charge < -0.3 is 9.30 Å². The minimum Gasteiger partial charge on any atom is -0.493 e. The van der Waals surface area contributed by atoms with Crippen LogP contribution in [-0.4, -0.2) is 35.5 Å². The quantitative estimate of drug-likeness (QED) is 0.436. The van der Waals surface area contributed by atoms with Crippen molar-refractivity contribution in [1.29, 1.82) is 0 Å². The van der Waals surface area contributed by atoms with E-state index >= 15 is 0 Å². The molecule has 1 aromatic heterocycles. The highest BCUT2D eigenvalue weighted by molar-refractivity contribution is 7.99. The van der Waals surface area contributed by atoms with E-state index in [0.717, 1.165) is 5.75 Å². The highest BCUT2D eigenvalue weighted by Gasteiger charge is 2.20. The summed E-state index contributed by atoms with van der Waals surface area (Å²) in [5.74, 6) is 1.74. The van der Waals surface area contributed by atoms with Crippen LogP contribution in [0.3, 0.4) is 0 Å². The third kappa shape index (κ3) is 4.64. The fraction of sp³-hybridized carbons (Fsp3) is 0.222. The Morgan fingerprint density at radius 2 is 1.65 bits per heavy atom. The van der Waals surface area contributed by atoms with E-state index in [4.69, 9.17) is 4.74 Å². The molecule has 0 aliphatic rings. The third-order valence-electron chi connectivity index (χ3n) is 3.67. The first kappa shape index (κ1) is 18.5. The fourth-order valence-electron chi connectivity index (χ4n) is 2.29. The van der Waals surface area contributed by atoms with Crippen LogP contribution in [-0.2, 0) is 22.6 Å². The Morgan fingerprint density at radius 3 is 2.35 bits per heavy atom. The molecule has 0 spiro atoms. The molecule has 8 heteroatoms. The van der Waals surface area contributed by atoms with Crippen LogP contribution in [0.15, 0.2) is 70.7 Å². The van der Waals surface area contributed by atoms with Gasteiger partial charge in [0, 0.05) is 12.8 Å². The van der Waals surface area contributed by atoms with E-state index in [1.54, 1.807) is 41.9 Å². The van der Waals surface area contributed by atoms with Crippen LogP contribution < -0.4 is 4.74 Å². The number of thioether (sulfide) groups is 1. The van der Waals surface area contributed by atoms with Crippen molar-refractivity contribution in [3.63, 3.8) is 0 Å². The number of benzene rings is 2. The lowest BCUT2D eigenvalue weighted by Crippen LogP contribution is -2.10. The van der Waals surface area contributed by atoms with Crippen LogP contribution in [0.2, 0.25) is 0 Å². The number of sulfone groups is 1. The van der Waals surface area contributed by atoms with E-state index in [0.29, 0.717) is 23.3 Å². The summed E-state index contributed by atoms with van der Waals surface area (Å²) < 4.78 is 32.3. The Kier molecular flexibility index (Phi) is 5.95. The van der Waals surface area contributed by atoms with E-state index in [9.17, 15) is 8.42 Å². The molecule has 0 saturated carbocycles. The predicted molar refractivity (Wildman–Crippen MR) is 101 cm³/mol. The zero-order valence-electron chi connectivity index (χ0n) is 14.3. The van der Waals surface area contributed by atoms with Gasteiger partial charge in [0.1, 0.15) is 17.3 Å². The van der Waals surface area contributed by atoms with Crippen molar-refractivity contribution in [1.82, 2.24) is 14.8 Å². The molecule has 0 radical (unpaired) electrons. The SMILES string of the molecule is Cn1c(CS(=O)(=O)c2ccccc2)nnc1SCCOc1ccccc1. The second kappa shape index (κ2) is 8.37. The number of para-hydroxylation sites is 1. The standard InChI is InChI=1S/C18H19N3O3S2/c1-21-17(14-26(22,23)16-10-6-3-7-11-16)19-20-18(21)25-13-12-24-15-8-4-2-5-9-15/h2-11H,12-14H2,1H3. The molecular weight excluding hydrogens is 370 g/mol. The fourth-order valence-corrected chi connectivity index (χ4v) is 4.36. The van der Waals surface area contributed by atoms with E-state index in [1.165, 1.54) is 11.8 Å². The van der Waals surface area contributed by atoms with Crippen LogP contribution in [0.25, 0.3) is 0 Å². The lowest BCUT2D eigenvalue weighted by molar-refractivity contribution is 0.344. The molecule has 0 unspecified atom stereocenters. The van der Waals surface area contributed by atoms with Gasteiger partial charge in [-0.15, -0.1) is 10.2 Å². The van der Waals surface area contributed by atoms with Gasteiger partial charge in [0.05, 0.1) is 11.5 Å². The summed E-state index contributed by atoms with van der Waals surface area (Å²) in [6.07, 6.45) is 0. The van der Waals surface area contributed by atoms with Gasteiger partial charge in [0.15, 0.2) is 15.0 Å². The number of aromatic nitrogens is 3. The van der Waals surface area contributed by atoms with Crippen molar-refractivity contribution in [3.05, 3.63) is 66.5 Å². The largest absolute Gasteiger partial charge is 0.493 e. The average Bonchev–Trinajstić information content (AvgIpc) is 3.00. The van der Waals surface area contributed by atoms with Crippen LogP contribution >= 0.6 is 11.8 Å². The predicted octanol–water partition coefficient (Wildman–Crippen LogP) is 2.96. The smallest absolute Gasteiger partial charge is 0.191 e.